The Kier molecular flexibility index (Phi) is 5.69. The second kappa shape index (κ2) is 7.74. The molecule has 2 aromatic rings. The van der Waals surface area contributed by atoms with Crippen molar-refractivity contribution in [2.24, 2.45) is 0 Å². The molecule has 2 aromatic carbocycles. The molecule has 4 heteroatoms. The number of amides is 1. The lowest BCUT2D eigenvalue weighted by atomic mass is 10.2. The number of nitrogens with two attached hydrogens (primary N) is 1. The summed E-state index contributed by atoms with van der Waals surface area (Å²) in [6.45, 7) is 2.09. The summed E-state index contributed by atoms with van der Waals surface area (Å²) in [5.74, 6) is 1.74. The Morgan fingerprint density at radius 1 is 1.19 bits per heavy atom. The van der Waals surface area contributed by atoms with Gasteiger partial charge < -0.3 is 11.1 Å². The van der Waals surface area contributed by atoms with Crippen LogP contribution in [-0.4, -0.2) is 11.7 Å². The fourth-order valence-corrected chi connectivity index (χ4v) is 2.87. The molecule has 0 aromatic heterocycles. The van der Waals surface area contributed by atoms with Crippen LogP contribution in [-0.2, 0) is 10.5 Å². The third-order valence-electron chi connectivity index (χ3n) is 3.06. The van der Waals surface area contributed by atoms with Gasteiger partial charge in [0, 0.05) is 17.9 Å². The Morgan fingerprint density at radius 3 is 2.76 bits per heavy atom. The molecular formula is C17H20N2OS. The summed E-state index contributed by atoms with van der Waals surface area (Å²) < 4.78 is 0. The van der Waals surface area contributed by atoms with Crippen LogP contribution in [0.1, 0.15) is 17.5 Å². The van der Waals surface area contributed by atoms with E-state index in [1.807, 2.05) is 18.2 Å². The number of para-hydroxylation sites is 2. The summed E-state index contributed by atoms with van der Waals surface area (Å²) in [5.41, 5.74) is 9.64. The Morgan fingerprint density at radius 2 is 2.00 bits per heavy atom. The van der Waals surface area contributed by atoms with Gasteiger partial charge in [-0.05, 0) is 24.6 Å². The van der Waals surface area contributed by atoms with Gasteiger partial charge in [-0.15, -0.1) is 0 Å². The molecule has 0 aliphatic rings. The molecule has 0 radical (unpaired) electrons. The van der Waals surface area contributed by atoms with Crippen molar-refractivity contribution in [1.29, 1.82) is 0 Å². The van der Waals surface area contributed by atoms with Gasteiger partial charge in [-0.2, -0.15) is 11.8 Å². The minimum Gasteiger partial charge on any atom is -0.397 e. The van der Waals surface area contributed by atoms with E-state index in [1.54, 1.807) is 17.8 Å². The number of thioether (sulfide) groups is 1. The van der Waals surface area contributed by atoms with Crippen molar-refractivity contribution in [1.82, 2.24) is 0 Å². The van der Waals surface area contributed by atoms with Crippen LogP contribution in [0.3, 0.4) is 0 Å². The number of nitrogen functional groups attached to an aromatic ring is 1. The van der Waals surface area contributed by atoms with Crippen molar-refractivity contribution < 1.29 is 4.79 Å². The molecule has 0 aliphatic heterocycles. The van der Waals surface area contributed by atoms with Gasteiger partial charge in [0.25, 0.3) is 0 Å². The largest absolute Gasteiger partial charge is 0.397 e. The zero-order valence-corrected chi connectivity index (χ0v) is 13.0. The molecule has 3 nitrogen and oxygen atoms in total. The van der Waals surface area contributed by atoms with Gasteiger partial charge in [-0.1, -0.05) is 42.0 Å². The second-order valence-electron chi connectivity index (χ2n) is 4.93. The number of hydrogen-bond acceptors (Lipinski definition) is 3. The van der Waals surface area contributed by atoms with Gasteiger partial charge in [0.05, 0.1) is 11.4 Å². The van der Waals surface area contributed by atoms with E-state index in [4.69, 9.17) is 5.73 Å². The van der Waals surface area contributed by atoms with Gasteiger partial charge >= 0.3 is 0 Å². The molecule has 0 bridgehead atoms. The van der Waals surface area contributed by atoms with Crippen LogP contribution in [0.5, 0.6) is 0 Å². The third kappa shape index (κ3) is 5.16. The van der Waals surface area contributed by atoms with Crippen molar-refractivity contribution in [3.63, 3.8) is 0 Å². The number of nitrogens with one attached hydrogen (secondary N) is 1. The fraction of sp³-hybridized carbons (Fsp3) is 0.235. The highest BCUT2D eigenvalue weighted by molar-refractivity contribution is 7.98. The standard InChI is InChI=1S/C17H20N2OS/c1-13-5-4-6-14(11-13)12-21-10-9-17(20)19-16-8-3-2-7-15(16)18/h2-8,11H,9-10,12,18H2,1H3,(H,19,20). The number of carbonyl (C=O) groups is 1. The molecule has 0 saturated heterocycles. The van der Waals surface area contributed by atoms with Gasteiger partial charge in [0.1, 0.15) is 0 Å². The fourth-order valence-electron chi connectivity index (χ4n) is 1.98. The van der Waals surface area contributed by atoms with Crippen LogP contribution in [0.4, 0.5) is 11.4 Å². The lowest BCUT2D eigenvalue weighted by Gasteiger charge is -2.07. The summed E-state index contributed by atoms with van der Waals surface area (Å²) in [5, 5.41) is 2.84. The molecule has 2 rings (SSSR count). The van der Waals surface area contributed by atoms with Gasteiger partial charge in [-0.3, -0.25) is 4.79 Å². The monoisotopic (exact) mass is 300 g/mol. The number of carbonyl (C=O) groups excluding carboxylic acids is 1. The molecule has 0 heterocycles. The molecule has 3 N–H and O–H groups in total. The number of hydrogen-bond donors (Lipinski definition) is 2. The van der Waals surface area contributed by atoms with Gasteiger partial charge in [-0.25, -0.2) is 0 Å². The van der Waals surface area contributed by atoms with Crippen molar-refractivity contribution in [2.45, 2.75) is 19.1 Å². The van der Waals surface area contributed by atoms with E-state index in [-0.39, 0.29) is 5.91 Å². The number of anilines is 2. The lowest BCUT2D eigenvalue weighted by Crippen LogP contribution is -2.13. The van der Waals surface area contributed by atoms with Crippen molar-refractivity contribution in [2.75, 3.05) is 16.8 Å². The maximum Gasteiger partial charge on any atom is 0.225 e. The highest BCUT2D eigenvalue weighted by Crippen LogP contribution is 2.18. The van der Waals surface area contributed by atoms with Gasteiger partial charge in [0.2, 0.25) is 5.91 Å². The molecule has 1 amide bonds. The smallest absolute Gasteiger partial charge is 0.225 e. The first-order valence-corrected chi connectivity index (χ1v) is 8.08. The maximum atomic E-state index is 11.9. The van der Waals surface area contributed by atoms with Crippen LogP contribution < -0.4 is 11.1 Å². The van der Waals surface area contributed by atoms with E-state index in [0.717, 1.165) is 11.5 Å². The summed E-state index contributed by atoms with van der Waals surface area (Å²) in [7, 11) is 0. The molecular weight excluding hydrogens is 280 g/mol. The van der Waals surface area contributed by atoms with E-state index < -0.39 is 0 Å². The number of benzene rings is 2. The summed E-state index contributed by atoms with van der Waals surface area (Å²) in [6, 6.07) is 15.8. The predicted octanol–water partition coefficient (Wildman–Crippen LogP) is 3.84. The van der Waals surface area contributed by atoms with Gasteiger partial charge in [0.15, 0.2) is 0 Å². The zero-order chi connectivity index (χ0) is 15.1. The summed E-state index contributed by atoms with van der Waals surface area (Å²) in [6.07, 6.45) is 0.491. The normalized spacial score (nSPS) is 10.3. The van der Waals surface area contributed by atoms with E-state index in [2.05, 4.69) is 36.5 Å². The molecule has 0 unspecified atom stereocenters. The average Bonchev–Trinajstić information content (AvgIpc) is 2.46. The Balaban J connectivity index is 1.71. The topological polar surface area (TPSA) is 55.1 Å². The van der Waals surface area contributed by atoms with Crippen LogP contribution in [0.2, 0.25) is 0 Å². The minimum absolute atomic E-state index is 0.00430. The average molecular weight is 300 g/mol. The Bertz CT molecular complexity index is 613. The van der Waals surface area contributed by atoms with Crippen molar-refractivity contribution in [3.8, 4) is 0 Å². The van der Waals surface area contributed by atoms with Crippen LogP contribution in [0.15, 0.2) is 48.5 Å². The highest BCUT2D eigenvalue weighted by Gasteiger charge is 2.04. The minimum atomic E-state index is 0.00430. The second-order valence-corrected chi connectivity index (χ2v) is 6.03. The van der Waals surface area contributed by atoms with Crippen LogP contribution in [0.25, 0.3) is 0 Å². The van der Waals surface area contributed by atoms with E-state index >= 15 is 0 Å². The molecule has 21 heavy (non-hydrogen) atoms. The lowest BCUT2D eigenvalue weighted by molar-refractivity contribution is -0.115. The van der Waals surface area contributed by atoms with E-state index in [9.17, 15) is 4.79 Å². The molecule has 110 valence electrons. The molecule has 0 saturated carbocycles. The summed E-state index contributed by atoms with van der Waals surface area (Å²) >= 11 is 1.77. The van der Waals surface area contributed by atoms with Crippen molar-refractivity contribution >= 4 is 29.0 Å². The maximum absolute atomic E-state index is 11.9. The quantitative estimate of drug-likeness (QED) is 0.629. The van der Waals surface area contributed by atoms with Crippen LogP contribution >= 0.6 is 11.8 Å². The first-order valence-electron chi connectivity index (χ1n) is 6.93. The Hall–Kier alpha value is -1.94. The first-order chi connectivity index (χ1) is 10.1. The zero-order valence-electron chi connectivity index (χ0n) is 12.1. The SMILES string of the molecule is Cc1cccc(CSCCC(=O)Nc2ccccc2N)c1. The number of aryl methyl sites for hydroxylation is 1. The highest BCUT2D eigenvalue weighted by atomic mass is 32.2. The molecule has 0 aliphatic carbocycles. The van der Waals surface area contributed by atoms with Crippen LogP contribution in [0, 0.1) is 6.92 Å². The summed E-state index contributed by atoms with van der Waals surface area (Å²) in [4.78, 5) is 11.9. The Labute approximate surface area is 129 Å². The predicted molar refractivity (Wildman–Crippen MR) is 91.4 cm³/mol. The van der Waals surface area contributed by atoms with Crippen molar-refractivity contribution in [3.05, 3.63) is 59.7 Å². The molecule has 0 atom stereocenters. The number of rotatable bonds is 6. The molecule has 0 fully saturated rings. The van der Waals surface area contributed by atoms with E-state index in [0.29, 0.717) is 17.8 Å². The molecule has 0 spiro atoms. The third-order valence-corrected chi connectivity index (χ3v) is 4.09. The van der Waals surface area contributed by atoms with E-state index in [1.165, 1.54) is 11.1 Å². The first kappa shape index (κ1) is 15.4.